The first-order valence-corrected chi connectivity index (χ1v) is 7.49. The number of aryl methyl sites for hydroxylation is 1. The van der Waals surface area contributed by atoms with Gasteiger partial charge in [-0.2, -0.15) is 0 Å². The minimum atomic E-state index is -0.416. The number of aliphatic hydroxyl groups excluding tert-OH is 1. The molecule has 1 rings (SSSR count). The Balaban J connectivity index is 2.57. The molecule has 0 saturated heterocycles. The summed E-state index contributed by atoms with van der Waals surface area (Å²) < 4.78 is 5.94. The van der Waals surface area contributed by atoms with E-state index in [4.69, 9.17) is 4.74 Å². The van der Waals surface area contributed by atoms with Gasteiger partial charge in [0.2, 0.25) is 0 Å². The fourth-order valence-electron chi connectivity index (χ4n) is 2.20. The zero-order valence-corrected chi connectivity index (χ0v) is 12.8. The zero-order chi connectivity index (χ0) is 14.3. The standard InChI is InChI=1S/C17H28O2/c1-5-7-8-15(6-2)12-19-17-10-9-16(14(4)18)11-13(17)3/h9-11,14-15,18H,5-8,12H2,1-4H3/t14-,15?/m1/s1. The summed E-state index contributed by atoms with van der Waals surface area (Å²) in [6, 6.07) is 5.93. The van der Waals surface area contributed by atoms with Gasteiger partial charge >= 0.3 is 0 Å². The molecule has 0 saturated carbocycles. The second-order valence-corrected chi connectivity index (χ2v) is 5.43. The molecule has 1 aromatic rings. The number of rotatable bonds is 8. The number of aliphatic hydroxyl groups is 1. The summed E-state index contributed by atoms with van der Waals surface area (Å²) in [6.45, 7) is 9.08. The van der Waals surface area contributed by atoms with Crippen LogP contribution in [0.5, 0.6) is 5.75 Å². The lowest BCUT2D eigenvalue weighted by molar-refractivity contribution is 0.198. The Morgan fingerprint density at radius 1 is 1.26 bits per heavy atom. The summed E-state index contributed by atoms with van der Waals surface area (Å²) in [7, 11) is 0. The average Bonchev–Trinajstić information content (AvgIpc) is 2.40. The van der Waals surface area contributed by atoms with E-state index in [0.717, 1.165) is 23.5 Å². The molecule has 0 heterocycles. The minimum Gasteiger partial charge on any atom is -0.493 e. The van der Waals surface area contributed by atoms with Crippen LogP contribution in [0.2, 0.25) is 0 Å². The molecule has 0 fully saturated rings. The Kier molecular flexibility index (Phi) is 6.93. The van der Waals surface area contributed by atoms with Gasteiger partial charge in [-0.25, -0.2) is 0 Å². The number of ether oxygens (including phenoxy) is 1. The highest BCUT2D eigenvalue weighted by molar-refractivity contribution is 5.36. The van der Waals surface area contributed by atoms with Crippen LogP contribution in [0.15, 0.2) is 18.2 Å². The number of benzene rings is 1. The Bertz CT molecular complexity index is 372. The average molecular weight is 264 g/mol. The largest absolute Gasteiger partial charge is 0.493 e. The van der Waals surface area contributed by atoms with E-state index in [9.17, 15) is 5.11 Å². The van der Waals surface area contributed by atoms with Gasteiger partial charge in [0.05, 0.1) is 12.7 Å². The van der Waals surface area contributed by atoms with E-state index in [1.807, 2.05) is 25.1 Å². The van der Waals surface area contributed by atoms with Crippen molar-refractivity contribution < 1.29 is 9.84 Å². The van der Waals surface area contributed by atoms with Crippen molar-refractivity contribution in [2.24, 2.45) is 5.92 Å². The van der Waals surface area contributed by atoms with Crippen LogP contribution in [0.4, 0.5) is 0 Å². The van der Waals surface area contributed by atoms with Crippen molar-refractivity contribution in [3.05, 3.63) is 29.3 Å². The van der Waals surface area contributed by atoms with E-state index < -0.39 is 6.10 Å². The molecular weight excluding hydrogens is 236 g/mol. The van der Waals surface area contributed by atoms with Gasteiger partial charge in [-0.1, -0.05) is 39.2 Å². The van der Waals surface area contributed by atoms with Crippen molar-refractivity contribution in [3.63, 3.8) is 0 Å². The molecule has 0 aliphatic rings. The van der Waals surface area contributed by atoms with Crippen LogP contribution in [0.25, 0.3) is 0 Å². The maximum absolute atomic E-state index is 9.55. The van der Waals surface area contributed by atoms with Gasteiger partial charge in [-0.05, 0) is 49.4 Å². The topological polar surface area (TPSA) is 29.5 Å². The molecule has 0 amide bonds. The summed E-state index contributed by atoms with van der Waals surface area (Å²) in [4.78, 5) is 0. The summed E-state index contributed by atoms with van der Waals surface area (Å²) in [5, 5.41) is 9.55. The summed E-state index contributed by atoms with van der Waals surface area (Å²) in [6.07, 6.45) is 4.53. The summed E-state index contributed by atoms with van der Waals surface area (Å²) in [5.41, 5.74) is 2.05. The third-order valence-corrected chi connectivity index (χ3v) is 3.70. The smallest absolute Gasteiger partial charge is 0.122 e. The number of hydrogen-bond acceptors (Lipinski definition) is 2. The highest BCUT2D eigenvalue weighted by Crippen LogP contribution is 2.24. The van der Waals surface area contributed by atoms with Crippen LogP contribution < -0.4 is 4.74 Å². The molecule has 0 aliphatic heterocycles. The molecular formula is C17H28O2. The highest BCUT2D eigenvalue weighted by atomic mass is 16.5. The lowest BCUT2D eigenvalue weighted by Gasteiger charge is -2.17. The molecule has 0 aliphatic carbocycles. The van der Waals surface area contributed by atoms with Crippen molar-refractivity contribution in [3.8, 4) is 5.75 Å². The predicted octanol–water partition coefficient (Wildman–Crippen LogP) is 4.64. The Morgan fingerprint density at radius 3 is 2.53 bits per heavy atom. The zero-order valence-electron chi connectivity index (χ0n) is 12.8. The van der Waals surface area contributed by atoms with E-state index in [0.29, 0.717) is 5.92 Å². The molecule has 19 heavy (non-hydrogen) atoms. The van der Waals surface area contributed by atoms with Crippen LogP contribution in [0.3, 0.4) is 0 Å². The lowest BCUT2D eigenvalue weighted by Crippen LogP contribution is -2.12. The summed E-state index contributed by atoms with van der Waals surface area (Å²) in [5.74, 6) is 1.59. The van der Waals surface area contributed by atoms with Crippen molar-refractivity contribution in [1.82, 2.24) is 0 Å². The fourth-order valence-corrected chi connectivity index (χ4v) is 2.20. The van der Waals surface area contributed by atoms with Crippen LogP contribution in [0.1, 0.15) is 63.7 Å². The third-order valence-electron chi connectivity index (χ3n) is 3.70. The molecule has 1 N–H and O–H groups in total. The predicted molar refractivity (Wildman–Crippen MR) is 80.6 cm³/mol. The fraction of sp³-hybridized carbons (Fsp3) is 0.647. The molecule has 2 heteroatoms. The minimum absolute atomic E-state index is 0.416. The third kappa shape index (κ3) is 5.23. The molecule has 0 bridgehead atoms. The molecule has 0 radical (unpaired) electrons. The highest BCUT2D eigenvalue weighted by Gasteiger charge is 2.09. The van der Waals surface area contributed by atoms with Gasteiger partial charge in [0.1, 0.15) is 5.75 Å². The van der Waals surface area contributed by atoms with Crippen LogP contribution >= 0.6 is 0 Å². The van der Waals surface area contributed by atoms with Crippen LogP contribution in [0, 0.1) is 12.8 Å². The van der Waals surface area contributed by atoms with Gasteiger partial charge in [0.15, 0.2) is 0 Å². The molecule has 0 aromatic heterocycles. The first-order chi connectivity index (χ1) is 9.08. The Morgan fingerprint density at radius 2 is 2.00 bits per heavy atom. The quantitative estimate of drug-likeness (QED) is 0.741. The van der Waals surface area contributed by atoms with Crippen molar-refractivity contribution in [2.75, 3.05) is 6.61 Å². The SMILES string of the molecule is CCCCC(CC)COc1ccc([C@@H](C)O)cc1C. The summed E-state index contributed by atoms with van der Waals surface area (Å²) >= 11 is 0. The first kappa shape index (κ1) is 16.0. The van der Waals surface area contributed by atoms with E-state index in [2.05, 4.69) is 13.8 Å². The van der Waals surface area contributed by atoms with Crippen molar-refractivity contribution in [1.29, 1.82) is 0 Å². The van der Waals surface area contributed by atoms with Crippen LogP contribution in [-0.4, -0.2) is 11.7 Å². The van der Waals surface area contributed by atoms with Gasteiger partial charge < -0.3 is 9.84 Å². The van der Waals surface area contributed by atoms with E-state index >= 15 is 0 Å². The first-order valence-electron chi connectivity index (χ1n) is 7.49. The molecule has 0 spiro atoms. The van der Waals surface area contributed by atoms with E-state index in [1.165, 1.54) is 25.7 Å². The van der Waals surface area contributed by atoms with Crippen molar-refractivity contribution in [2.45, 2.75) is 59.5 Å². The van der Waals surface area contributed by atoms with Gasteiger partial charge in [-0.15, -0.1) is 0 Å². The van der Waals surface area contributed by atoms with E-state index in [1.54, 1.807) is 6.92 Å². The maximum Gasteiger partial charge on any atom is 0.122 e. The number of hydrogen-bond donors (Lipinski definition) is 1. The normalized spacial score (nSPS) is 14.2. The molecule has 108 valence electrons. The van der Waals surface area contributed by atoms with E-state index in [-0.39, 0.29) is 0 Å². The lowest BCUT2D eigenvalue weighted by atomic mass is 10.0. The second-order valence-electron chi connectivity index (χ2n) is 5.43. The monoisotopic (exact) mass is 264 g/mol. The number of unbranched alkanes of at least 4 members (excludes halogenated alkanes) is 1. The molecule has 1 unspecified atom stereocenters. The Hall–Kier alpha value is -1.02. The molecule has 2 nitrogen and oxygen atoms in total. The van der Waals surface area contributed by atoms with Crippen molar-refractivity contribution >= 4 is 0 Å². The molecule has 2 atom stereocenters. The van der Waals surface area contributed by atoms with Crippen LogP contribution in [-0.2, 0) is 0 Å². The van der Waals surface area contributed by atoms with Gasteiger partial charge in [0, 0.05) is 0 Å². The van der Waals surface area contributed by atoms with Gasteiger partial charge in [-0.3, -0.25) is 0 Å². The van der Waals surface area contributed by atoms with Gasteiger partial charge in [0.25, 0.3) is 0 Å². The Labute approximate surface area is 117 Å². The molecule has 1 aromatic carbocycles. The maximum atomic E-state index is 9.55. The second kappa shape index (κ2) is 8.21.